The molecule has 0 unspecified atom stereocenters. The largest absolute Gasteiger partial charge is 0.305 e. The van der Waals surface area contributed by atoms with Gasteiger partial charge in [-0.25, -0.2) is 0 Å². The highest BCUT2D eigenvalue weighted by Gasteiger charge is 2.35. The van der Waals surface area contributed by atoms with Crippen LogP contribution in [-0.4, -0.2) is 18.2 Å². The Morgan fingerprint density at radius 3 is 2.82 bits per heavy atom. The van der Waals surface area contributed by atoms with E-state index >= 15 is 0 Å². The Bertz CT molecular complexity index is 496. The van der Waals surface area contributed by atoms with E-state index in [0.717, 1.165) is 17.3 Å². The number of amides is 1. The van der Waals surface area contributed by atoms with Crippen LogP contribution >= 0.6 is 15.9 Å². The summed E-state index contributed by atoms with van der Waals surface area (Å²) in [5, 5.41) is 0. The molecule has 0 aromatic heterocycles. The van der Waals surface area contributed by atoms with E-state index in [-0.39, 0.29) is 0 Å². The lowest BCUT2D eigenvalue weighted by molar-refractivity contribution is -0.114. The molecule has 4 heteroatoms. The molecule has 1 aliphatic rings. The quantitative estimate of drug-likeness (QED) is 0.486. The van der Waals surface area contributed by atoms with Crippen LogP contribution in [0.1, 0.15) is 23.2 Å². The lowest BCUT2D eigenvalue weighted by Gasteiger charge is -2.15. The lowest BCUT2D eigenvalue weighted by atomic mass is 10.1. The fraction of sp³-hybridized carbons (Fsp3) is 0.231. The summed E-state index contributed by atoms with van der Waals surface area (Å²) >= 11 is 3.35. The van der Waals surface area contributed by atoms with Gasteiger partial charge in [-0.1, -0.05) is 22.0 Å². The average Bonchev–Trinajstić information content (AvgIpc) is 2.54. The second-order valence-corrected chi connectivity index (χ2v) is 4.79. The Balaban J connectivity index is 2.29. The van der Waals surface area contributed by atoms with Gasteiger partial charge in [0, 0.05) is 11.0 Å². The summed E-state index contributed by atoms with van der Waals surface area (Å²) in [5.41, 5.74) is 1.20. The Labute approximate surface area is 108 Å². The molecule has 17 heavy (non-hydrogen) atoms. The molecule has 0 atom stereocenters. The van der Waals surface area contributed by atoms with Gasteiger partial charge in [0.1, 0.15) is 0 Å². The zero-order valence-electron chi connectivity index (χ0n) is 9.28. The van der Waals surface area contributed by atoms with E-state index in [4.69, 9.17) is 0 Å². The minimum absolute atomic E-state index is 0.411. The molecule has 1 aromatic carbocycles. The third-order valence-corrected chi connectivity index (χ3v) is 3.22. The van der Waals surface area contributed by atoms with Crippen molar-refractivity contribution in [1.82, 2.24) is 0 Å². The van der Waals surface area contributed by atoms with Crippen molar-refractivity contribution in [1.29, 1.82) is 0 Å². The molecule has 0 spiro atoms. The number of anilines is 1. The van der Waals surface area contributed by atoms with Crippen molar-refractivity contribution in [2.75, 3.05) is 11.4 Å². The third kappa shape index (κ3) is 2.17. The minimum atomic E-state index is -0.429. The number of rotatable bonds is 4. The maximum absolute atomic E-state index is 11.8. The first-order chi connectivity index (χ1) is 8.15. The summed E-state index contributed by atoms with van der Waals surface area (Å²) in [5.74, 6) is -0.840. The molecule has 3 nitrogen and oxygen atoms in total. The molecule has 88 valence electrons. The van der Waals surface area contributed by atoms with Gasteiger partial charge in [0.05, 0.1) is 11.3 Å². The van der Waals surface area contributed by atoms with E-state index < -0.39 is 11.7 Å². The molecule has 0 fully saturated rings. The third-order valence-electron chi connectivity index (χ3n) is 2.72. The van der Waals surface area contributed by atoms with E-state index in [1.54, 1.807) is 17.0 Å². The standard InChI is InChI=1S/C13H12BrNO2/c1-2-3-4-7-15-11-8-9(14)5-6-10(11)12(16)13(15)17/h2,5-6,8H,1,3-4,7H2. The van der Waals surface area contributed by atoms with Crippen molar-refractivity contribution in [3.8, 4) is 0 Å². The fourth-order valence-electron chi connectivity index (χ4n) is 1.88. The van der Waals surface area contributed by atoms with E-state index in [1.165, 1.54) is 0 Å². The highest BCUT2D eigenvalue weighted by Crippen LogP contribution is 2.31. The van der Waals surface area contributed by atoms with Crippen LogP contribution in [0.5, 0.6) is 0 Å². The predicted molar refractivity (Wildman–Crippen MR) is 70.3 cm³/mol. The second-order valence-electron chi connectivity index (χ2n) is 3.88. The molecule has 0 radical (unpaired) electrons. The van der Waals surface area contributed by atoms with Crippen molar-refractivity contribution in [3.63, 3.8) is 0 Å². The highest BCUT2D eigenvalue weighted by atomic mass is 79.9. The monoisotopic (exact) mass is 293 g/mol. The highest BCUT2D eigenvalue weighted by molar-refractivity contribution is 9.10. The van der Waals surface area contributed by atoms with Crippen LogP contribution < -0.4 is 4.90 Å². The number of fused-ring (bicyclic) bond motifs is 1. The maximum Gasteiger partial charge on any atom is 0.299 e. The topological polar surface area (TPSA) is 37.4 Å². The Hall–Kier alpha value is -1.42. The molecule has 1 aliphatic heterocycles. The summed E-state index contributed by atoms with van der Waals surface area (Å²) in [6.45, 7) is 4.19. The van der Waals surface area contributed by atoms with E-state index in [9.17, 15) is 9.59 Å². The molecular formula is C13H12BrNO2. The molecule has 0 aliphatic carbocycles. The van der Waals surface area contributed by atoms with Crippen molar-refractivity contribution < 1.29 is 9.59 Å². The molecule has 2 rings (SSSR count). The minimum Gasteiger partial charge on any atom is -0.305 e. The van der Waals surface area contributed by atoms with Gasteiger partial charge >= 0.3 is 0 Å². The summed E-state index contributed by atoms with van der Waals surface area (Å²) in [7, 11) is 0. The van der Waals surface area contributed by atoms with Crippen LogP contribution in [0.25, 0.3) is 0 Å². The van der Waals surface area contributed by atoms with Gasteiger partial charge < -0.3 is 4.90 Å². The number of unbranched alkanes of at least 4 members (excludes halogenated alkanes) is 1. The summed E-state index contributed by atoms with van der Waals surface area (Å²) in [6.07, 6.45) is 3.46. The molecule has 0 saturated carbocycles. The van der Waals surface area contributed by atoms with Gasteiger partial charge in [-0.05, 0) is 31.0 Å². The zero-order chi connectivity index (χ0) is 12.4. The number of hydrogen-bond donors (Lipinski definition) is 0. The van der Waals surface area contributed by atoms with Crippen molar-refractivity contribution in [2.45, 2.75) is 12.8 Å². The van der Waals surface area contributed by atoms with Crippen LogP contribution in [0, 0.1) is 0 Å². The average molecular weight is 294 g/mol. The normalized spacial score (nSPS) is 14.1. The van der Waals surface area contributed by atoms with Crippen LogP contribution in [0.15, 0.2) is 35.3 Å². The molecule has 1 aromatic rings. The van der Waals surface area contributed by atoms with Gasteiger partial charge in [0.2, 0.25) is 0 Å². The van der Waals surface area contributed by atoms with Crippen LogP contribution in [-0.2, 0) is 4.79 Å². The summed E-state index contributed by atoms with van der Waals surface area (Å²) in [4.78, 5) is 25.1. The fourth-order valence-corrected chi connectivity index (χ4v) is 2.23. The molecule has 0 bridgehead atoms. The van der Waals surface area contributed by atoms with E-state index in [1.807, 2.05) is 12.1 Å². The first kappa shape index (κ1) is 12.0. The molecule has 1 amide bonds. The smallest absolute Gasteiger partial charge is 0.299 e. The maximum atomic E-state index is 11.8. The van der Waals surface area contributed by atoms with Gasteiger partial charge in [-0.3, -0.25) is 9.59 Å². The van der Waals surface area contributed by atoms with Crippen molar-refractivity contribution in [2.24, 2.45) is 0 Å². The number of carbonyl (C=O) groups excluding carboxylic acids is 2. The van der Waals surface area contributed by atoms with Gasteiger partial charge in [-0.15, -0.1) is 6.58 Å². The molecule has 1 heterocycles. The number of halogens is 1. The lowest BCUT2D eigenvalue weighted by Crippen LogP contribution is -2.30. The van der Waals surface area contributed by atoms with E-state index in [2.05, 4.69) is 22.5 Å². The number of carbonyl (C=O) groups is 2. The van der Waals surface area contributed by atoms with E-state index in [0.29, 0.717) is 17.8 Å². The van der Waals surface area contributed by atoms with Crippen LogP contribution in [0.2, 0.25) is 0 Å². The first-order valence-corrected chi connectivity index (χ1v) is 6.21. The molecule has 0 N–H and O–H groups in total. The number of hydrogen-bond acceptors (Lipinski definition) is 2. The Morgan fingerprint density at radius 1 is 1.35 bits per heavy atom. The molecule has 0 saturated heterocycles. The number of ketones is 1. The van der Waals surface area contributed by atoms with Crippen molar-refractivity contribution in [3.05, 3.63) is 40.9 Å². The number of allylic oxidation sites excluding steroid dienone is 1. The Morgan fingerprint density at radius 2 is 2.12 bits per heavy atom. The number of benzene rings is 1. The van der Waals surface area contributed by atoms with Gasteiger partial charge in [-0.2, -0.15) is 0 Å². The number of nitrogens with zero attached hydrogens (tertiary/aromatic N) is 1. The zero-order valence-corrected chi connectivity index (χ0v) is 10.9. The van der Waals surface area contributed by atoms with Crippen molar-refractivity contribution >= 4 is 33.3 Å². The summed E-state index contributed by atoms with van der Waals surface area (Å²) in [6, 6.07) is 5.27. The first-order valence-electron chi connectivity index (χ1n) is 5.42. The summed E-state index contributed by atoms with van der Waals surface area (Å²) < 4.78 is 0.868. The molecular weight excluding hydrogens is 282 g/mol. The predicted octanol–water partition coefficient (Wildman–Crippen LogP) is 2.94. The SMILES string of the molecule is C=CCCCN1C(=O)C(=O)c2ccc(Br)cc21. The van der Waals surface area contributed by atoms with Crippen LogP contribution in [0.4, 0.5) is 5.69 Å². The Kier molecular flexibility index (Phi) is 3.43. The second kappa shape index (κ2) is 4.84. The van der Waals surface area contributed by atoms with Gasteiger partial charge in [0.15, 0.2) is 0 Å². The van der Waals surface area contributed by atoms with Crippen LogP contribution in [0.3, 0.4) is 0 Å². The van der Waals surface area contributed by atoms with Gasteiger partial charge in [0.25, 0.3) is 11.7 Å². The number of Topliss-reactive ketones (excluding diaryl/α,β-unsaturated/α-hetero) is 1.